The molecule has 1 unspecified atom stereocenters. The molecular formula is C42H58Cl2N2O11S. The summed E-state index contributed by atoms with van der Waals surface area (Å²) in [5, 5.41) is 12.3. The van der Waals surface area contributed by atoms with E-state index < -0.39 is 22.0 Å². The lowest BCUT2D eigenvalue weighted by Crippen LogP contribution is -2.37. The first-order valence-corrected chi connectivity index (χ1v) is 21.2. The van der Waals surface area contributed by atoms with Gasteiger partial charge in [0, 0.05) is 43.3 Å². The minimum absolute atomic E-state index is 0.167. The summed E-state index contributed by atoms with van der Waals surface area (Å²) in [5.74, 6) is 0.154. The Balaban J connectivity index is 0.000000464. The molecule has 4 rings (SSSR count). The van der Waals surface area contributed by atoms with E-state index in [4.69, 9.17) is 51.6 Å². The number of hydrogen-bond acceptors (Lipinski definition) is 10. The van der Waals surface area contributed by atoms with E-state index in [-0.39, 0.29) is 22.5 Å². The predicted molar refractivity (Wildman–Crippen MR) is 225 cm³/mol. The largest absolute Gasteiger partial charge is 0.496 e. The second-order valence-electron chi connectivity index (χ2n) is 14.9. The maximum Gasteiger partial charge on any atom is 0.326 e. The number of ether oxygens (including phenoxy) is 6. The van der Waals surface area contributed by atoms with Crippen LogP contribution in [0.5, 0.6) is 11.5 Å². The highest BCUT2D eigenvalue weighted by Gasteiger charge is 2.28. The van der Waals surface area contributed by atoms with E-state index in [0.29, 0.717) is 74.1 Å². The molecule has 3 aromatic carbocycles. The summed E-state index contributed by atoms with van der Waals surface area (Å²) < 4.78 is 60.3. The molecule has 58 heavy (non-hydrogen) atoms. The monoisotopic (exact) mass is 868 g/mol. The fourth-order valence-corrected chi connectivity index (χ4v) is 8.31. The van der Waals surface area contributed by atoms with Gasteiger partial charge in [-0.25, -0.2) is 13.2 Å². The Morgan fingerprint density at radius 1 is 0.828 bits per heavy atom. The van der Waals surface area contributed by atoms with Gasteiger partial charge in [0.05, 0.1) is 62.3 Å². The van der Waals surface area contributed by atoms with Gasteiger partial charge in [-0.05, 0) is 100 Å². The number of carbonyl (C=O) groups is 2. The fourth-order valence-electron chi connectivity index (χ4n) is 6.06. The number of nitrogens with zero attached hydrogens (tertiary/aromatic N) is 1. The summed E-state index contributed by atoms with van der Waals surface area (Å²) in [6, 6.07) is 14.6. The molecule has 3 aromatic rings. The maximum absolute atomic E-state index is 12.1. The van der Waals surface area contributed by atoms with Gasteiger partial charge >= 0.3 is 5.97 Å². The molecular weight excluding hydrogens is 811 g/mol. The number of benzene rings is 3. The summed E-state index contributed by atoms with van der Waals surface area (Å²) >= 11 is 11.6. The third kappa shape index (κ3) is 15.6. The van der Waals surface area contributed by atoms with Gasteiger partial charge in [-0.3, -0.25) is 4.79 Å². The van der Waals surface area contributed by atoms with E-state index in [2.05, 4.69) is 19.2 Å². The van der Waals surface area contributed by atoms with Crippen LogP contribution in [0, 0.1) is 0 Å². The molecule has 322 valence electrons. The smallest absolute Gasteiger partial charge is 0.326 e. The van der Waals surface area contributed by atoms with Crippen LogP contribution in [-0.4, -0.2) is 108 Å². The number of carboxylic acids is 1. The highest BCUT2D eigenvalue weighted by molar-refractivity contribution is 7.89. The second kappa shape index (κ2) is 23.4. The van der Waals surface area contributed by atoms with Gasteiger partial charge in [0.15, 0.2) is 0 Å². The Hall–Kier alpha value is -3.47. The Bertz CT molecular complexity index is 1820. The Kier molecular flexibility index (Phi) is 19.7. The average molecular weight is 870 g/mol. The number of amides is 1. The molecule has 16 heteroatoms. The lowest BCUT2D eigenvalue weighted by atomic mass is 9.98. The SMILES string of the molecule is COCCC(C)(C)OCCC(C)(C)OCCOCc1cc(OC)c(-c2ccc(CC(NC=O)C(=O)O)cc2)c(OC)c1.O=S(=O)(c1cc(Cl)cc(Cl)c1)N1CCCC1. The first-order valence-electron chi connectivity index (χ1n) is 19.0. The van der Waals surface area contributed by atoms with Crippen molar-refractivity contribution in [3.8, 4) is 22.6 Å². The minimum Gasteiger partial charge on any atom is -0.496 e. The van der Waals surface area contributed by atoms with Crippen molar-refractivity contribution in [2.75, 3.05) is 60.8 Å². The van der Waals surface area contributed by atoms with Gasteiger partial charge in [0.25, 0.3) is 0 Å². The molecule has 1 aliphatic heterocycles. The number of aliphatic carboxylic acids is 1. The number of hydrogen-bond donors (Lipinski definition) is 2. The van der Waals surface area contributed by atoms with E-state index in [1.807, 2.05) is 50.2 Å². The van der Waals surface area contributed by atoms with Crippen LogP contribution in [-0.2, 0) is 51.6 Å². The summed E-state index contributed by atoms with van der Waals surface area (Å²) in [5.41, 5.74) is 2.69. The number of carboxylic acid groups (broad SMARTS) is 1. The third-order valence-electron chi connectivity index (χ3n) is 9.45. The molecule has 1 heterocycles. The molecule has 13 nitrogen and oxygen atoms in total. The Morgan fingerprint density at radius 2 is 1.38 bits per heavy atom. The molecule has 1 atom stereocenters. The first-order chi connectivity index (χ1) is 27.4. The zero-order chi connectivity index (χ0) is 42.9. The summed E-state index contributed by atoms with van der Waals surface area (Å²) in [7, 11) is 1.46. The van der Waals surface area contributed by atoms with Crippen LogP contribution < -0.4 is 14.8 Å². The molecule has 0 saturated carbocycles. The van der Waals surface area contributed by atoms with Crippen molar-refractivity contribution in [2.45, 2.75) is 88.5 Å². The number of nitrogens with one attached hydrogen (secondary N) is 1. The van der Waals surface area contributed by atoms with Crippen LogP contribution in [0.1, 0.15) is 64.5 Å². The third-order valence-corrected chi connectivity index (χ3v) is 11.8. The van der Waals surface area contributed by atoms with Crippen molar-refractivity contribution in [2.24, 2.45) is 0 Å². The van der Waals surface area contributed by atoms with Gasteiger partial charge in [0.1, 0.15) is 17.5 Å². The molecule has 0 bridgehead atoms. The van der Waals surface area contributed by atoms with Crippen molar-refractivity contribution < 1.29 is 51.5 Å². The van der Waals surface area contributed by atoms with Gasteiger partial charge in [-0.2, -0.15) is 4.31 Å². The fraction of sp³-hybridized carbons (Fsp3) is 0.524. The molecule has 1 saturated heterocycles. The van der Waals surface area contributed by atoms with Crippen molar-refractivity contribution in [3.05, 3.63) is 75.8 Å². The maximum atomic E-state index is 12.1. The van der Waals surface area contributed by atoms with E-state index in [0.717, 1.165) is 47.9 Å². The van der Waals surface area contributed by atoms with Gasteiger partial charge in [-0.1, -0.05) is 47.5 Å². The number of sulfonamides is 1. The van der Waals surface area contributed by atoms with Crippen LogP contribution in [0.4, 0.5) is 0 Å². The highest BCUT2D eigenvalue weighted by Crippen LogP contribution is 2.40. The van der Waals surface area contributed by atoms with Crippen molar-refractivity contribution in [1.29, 1.82) is 0 Å². The average Bonchev–Trinajstić information content (AvgIpc) is 3.73. The molecule has 1 aliphatic rings. The summed E-state index contributed by atoms with van der Waals surface area (Å²) in [4.78, 5) is 22.2. The molecule has 0 radical (unpaired) electrons. The Labute approximate surface area is 353 Å². The Morgan fingerprint density at radius 3 is 1.90 bits per heavy atom. The summed E-state index contributed by atoms with van der Waals surface area (Å²) in [6.45, 7) is 11.9. The van der Waals surface area contributed by atoms with Crippen molar-refractivity contribution >= 4 is 45.6 Å². The number of carbonyl (C=O) groups excluding carboxylic acids is 1. The van der Waals surface area contributed by atoms with E-state index in [1.165, 1.54) is 22.5 Å². The quantitative estimate of drug-likeness (QED) is 0.0722. The first kappa shape index (κ1) is 48.9. The second-order valence-corrected chi connectivity index (χ2v) is 17.7. The molecule has 1 amide bonds. The van der Waals surface area contributed by atoms with Crippen molar-refractivity contribution in [1.82, 2.24) is 9.62 Å². The highest BCUT2D eigenvalue weighted by atomic mass is 35.5. The number of rotatable bonds is 23. The number of methoxy groups -OCH3 is 3. The minimum atomic E-state index is -3.42. The zero-order valence-electron chi connectivity index (χ0n) is 34.5. The predicted octanol–water partition coefficient (Wildman–Crippen LogP) is 7.42. The van der Waals surface area contributed by atoms with E-state index in [9.17, 15) is 23.1 Å². The molecule has 0 aliphatic carbocycles. The zero-order valence-corrected chi connectivity index (χ0v) is 36.8. The molecule has 0 spiro atoms. The van der Waals surface area contributed by atoms with Crippen LogP contribution in [0.3, 0.4) is 0 Å². The van der Waals surface area contributed by atoms with Crippen LogP contribution in [0.2, 0.25) is 10.0 Å². The standard InChI is InChI=1S/C32H47NO9.C10H11Cl2NO2S/c1-31(2,12-14-37-5)41-15-13-32(3,4)42-17-16-40-21-24-19-27(38-6)29(28(20-24)39-7)25-10-8-23(9-11-25)18-26(30(35)36)33-22-34;11-8-5-9(12)7-10(6-8)16(14,15)13-3-1-2-4-13/h8-11,19-20,22,26H,12-18,21H2,1-7H3,(H,33,34)(H,35,36);5-7H,1-4H2. The lowest BCUT2D eigenvalue weighted by Gasteiger charge is -2.29. The van der Waals surface area contributed by atoms with E-state index in [1.54, 1.807) is 21.3 Å². The molecule has 1 fully saturated rings. The van der Waals surface area contributed by atoms with E-state index >= 15 is 0 Å². The normalized spacial score (nSPS) is 14.0. The lowest BCUT2D eigenvalue weighted by molar-refractivity contribution is -0.140. The van der Waals surface area contributed by atoms with Gasteiger partial charge in [-0.15, -0.1) is 0 Å². The topological polar surface area (TPSA) is 159 Å². The van der Waals surface area contributed by atoms with Crippen LogP contribution in [0.15, 0.2) is 59.5 Å². The molecule has 2 N–H and O–H groups in total. The van der Waals surface area contributed by atoms with Gasteiger partial charge < -0.3 is 38.8 Å². The summed E-state index contributed by atoms with van der Waals surface area (Å²) in [6.07, 6.45) is 3.97. The van der Waals surface area contributed by atoms with Crippen LogP contribution in [0.25, 0.3) is 11.1 Å². The van der Waals surface area contributed by atoms with Crippen molar-refractivity contribution in [3.63, 3.8) is 0 Å². The number of halogens is 2. The van der Waals surface area contributed by atoms with Gasteiger partial charge in [0.2, 0.25) is 16.4 Å². The van der Waals surface area contributed by atoms with Crippen LogP contribution >= 0.6 is 23.2 Å². The molecule has 0 aromatic heterocycles.